The first-order valence-corrected chi connectivity index (χ1v) is 11.7. The maximum atomic E-state index is 12.3. The lowest BCUT2D eigenvalue weighted by atomic mass is 10.1. The van der Waals surface area contributed by atoms with Crippen molar-refractivity contribution in [2.24, 2.45) is 4.99 Å². The molecule has 0 atom stereocenters. The first-order valence-electron chi connectivity index (χ1n) is 10.1. The van der Waals surface area contributed by atoms with Crippen molar-refractivity contribution in [2.45, 2.75) is 45.7 Å². The second-order valence-electron chi connectivity index (χ2n) is 7.16. The number of benzene rings is 2. The van der Waals surface area contributed by atoms with E-state index >= 15 is 0 Å². The number of guanidine groups is 1. The highest BCUT2D eigenvalue weighted by molar-refractivity contribution is 7.88. The first-order chi connectivity index (χ1) is 14.3. The molecule has 0 bridgehead atoms. The smallest absolute Gasteiger partial charge is 0.216 e. The summed E-state index contributed by atoms with van der Waals surface area (Å²) in [7, 11) is -1.75. The number of ether oxygens (including phenoxy) is 1. The molecular weight excluding hydrogens is 400 g/mol. The Bertz CT molecular complexity index is 943. The molecule has 0 aliphatic rings. The minimum Gasteiger partial charge on any atom is -0.496 e. The standard InChI is InChI=1S/C22H32N4O3S/c1-5-23-22(25-15-19-11-8-9-13-21(19)29-4)24-14-18-10-6-7-12-20(18)16-30(27,28)26-17(2)3/h6-13,17,26H,5,14-16H2,1-4H3,(H2,23,24,25). The molecule has 0 saturated heterocycles. The Labute approximate surface area is 180 Å². The molecule has 0 aliphatic heterocycles. The van der Waals surface area contributed by atoms with Crippen molar-refractivity contribution in [3.63, 3.8) is 0 Å². The number of hydrogen-bond acceptors (Lipinski definition) is 4. The van der Waals surface area contributed by atoms with Gasteiger partial charge in [-0.2, -0.15) is 0 Å². The molecule has 0 heterocycles. The van der Waals surface area contributed by atoms with Gasteiger partial charge in [0.1, 0.15) is 5.75 Å². The highest BCUT2D eigenvalue weighted by Gasteiger charge is 2.15. The van der Waals surface area contributed by atoms with E-state index in [2.05, 4.69) is 20.3 Å². The average molecular weight is 433 g/mol. The molecule has 0 spiro atoms. The second kappa shape index (κ2) is 11.6. The van der Waals surface area contributed by atoms with E-state index < -0.39 is 10.0 Å². The molecule has 30 heavy (non-hydrogen) atoms. The molecular formula is C22H32N4O3S. The van der Waals surface area contributed by atoms with Gasteiger partial charge in [-0.05, 0) is 38.0 Å². The van der Waals surface area contributed by atoms with Crippen LogP contribution in [-0.2, 0) is 28.9 Å². The molecule has 0 radical (unpaired) electrons. The van der Waals surface area contributed by atoms with Crippen LogP contribution in [-0.4, -0.2) is 34.1 Å². The molecule has 0 aromatic heterocycles. The molecule has 164 valence electrons. The van der Waals surface area contributed by atoms with Crippen LogP contribution in [0.2, 0.25) is 0 Å². The lowest BCUT2D eigenvalue weighted by Crippen LogP contribution is -2.37. The van der Waals surface area contributed by atoms with E-state index in [0.29, 0.717) is 25.6 Å². The second-order valence-corrected chi connectivity index (χ2v) is 8.91. The Hall–Kier alpha value is -2.58. The van der Waals surface area contributed by atoms with Crippen molar-refractivity contribution >= 4 is 16.0 Å². The number of para-hydroxylation sites is 1. The fourth-order valence-corrected chi connectivity index (χ4v) is 4.49. The van der Waals surface area contributed by atoms with Crippen LogP contribution in [0.15, 0.2) is 53.5 Å². The SMILES string of the molecule is CCNC(=NCc1ccccc1OC)NCc1ccccc1CS(=O)(=O)NC(C)C. The van der Waals surface area contributed by atoms with Gasteiger partial charge in [-0.1, -0.05) is 42.5 Å². The number of nitrogens with zero attached hydrogens (tertiary/aromatic N) is 1. The van der Waals surface area contributed by atoms with Crippen LogP contribution in [0.25, 0.3) is 0 Å². The third-order valence-corrected chi connectivity index (χ3v) is 5.79. The molecule has 3 N–H and O–H groups in total. The third kappa shape index (κ3) is 7.68. The minimum atomic E-state index is -3.40. The van der Waals surface area contributed by atoms with Crippen LogP contribution in [0, 0.1) is 0 Å². The van der Waals surface area contributed by atoms with Gasteiger partial charge in [0.2, 0.25) is 10.0 Å². The van der Waals surface area contributed by atoms with Gasteiger partial charge in [0.15, 0.2) is 5.96 Å². The normalized spacial score (nSPS) is 12.1. The third-order valence-electron chi connectivity index (χ3n) is 4.27. The van der Waals surface area contributed by atoms with E-state index in [4.69, 9.17) is 4.74 Å². The number of methoxy groups -OCH3 is 1. The van der Waals surface area contributed by atoms with Crippen LogP contribution in [0.4, 0.5) is 0 Å². The summed E-state index contributed by atoms with van der Waals surface area (Å²) in [5.74, 6) is 1.39. The van der Waals surface area contributed by atoms with Gasteiger partial charge in [-0.3, -0.25) is 0 Å². The maximum Gasteiger partial charge on any atom is 0.216 e. The fraction of sp³-hybridized carbons (Fsp3) is 0.409. The van der Waals surface area contributed by atoms with E-state index in [9.17, 15) is 8.42 Å². The summed E-state index contributed by atoms with van der Waals surface area (Å²) in [5.41, 5.74) is 2.66. The Morgan fingerprint density at radius 1 is 1.00 bits per heavy atom. The van der Waals surface area contributed by atoms with Crippen molar-refractivity contribution in [3.8, 4) is 5.75 Å². The van der Waals surface area contributed by atoms with Crippen molar-refractivity contribution in [3.05, 3.63) is 65.2 Å². The van der Waals surface area contributed by atoms with Crippen LogP contribution in [0.1, 0.15) is 37.5 Å². The van der Waals surface area contributed by atoms with Crippen LogP contribution >= 0.6 is 0 Å². The van der Waals surface area contributed by atoms with E-state index in [0.717, 1.165) is 22.4 Å². The van der Waals surface area contributed by atoms with Gasteiger partial charge in [0.05, 0.1) is 19.4 Å². The van der Waals surface area contributed by atoms with Gasteiger partial charge < -0.3 is 15.4 Å². The topological polar surface area (TPSA) is 91.8 Å². The van der Waals surface area contributed by atoms with Crippen molar-refractivity contribution < 1.29 is 13.2 Å². The van der Waals surface area contributed by atoms with Gasteiger partial charge in [0.25, 0.3) is 0 Å². The molecule has 0 aliphatic carbocycles. The minimum absolute atomic E-state index is 0.0576. The lowest BCUT2D eigenvalue weighted by molar-refractivity contribution is 0.410. The fourth-order valence-electron chi connectivity index (χ4n) is 2.99. The molecule has 0 fully saturated rings. The zero-order valence-corrected chi connectivity index (χ0v) is 18.9. The molecule has 8 heteroatoms. The number of nitrogens with one attached hydrogen (secondary N) is 3. The summed E-state index contributed by atoms with van der Waals surface area (Å²) in [4.78, 5) is 4.63. The number of hydrogen-bond donors (Lipinski definition) is 3. The van der Waals surface area contributed by atoms with Crippen molar-refractivity contribution in [2.75, 3.05) is 13.7 Å². The highest BCUT2D eigenvalue weighted by atomic mass is 32.2. The van der Waals surface area contributed by atoms with Crippen molar-refractivity contribution in [1.82, 2.24) is 15.4 Å². The summed E-state index contributed by atoms with van der Waals surface area (Å²) in [5, 5.41) is 6.52. The van der Waals surface area contributed by atoms with Gasteiger partial charge >= 0.3 is 0 Å². The number of sulfonamides is 1. The largest absolute Gasteiger partial charge is 0.496 e. The molecule has 0 unspecified atom stereocenters. The average Bonchev–Trinajstić information content (AvgIpc) is 2.70. The maximum absolute atomic E-state index is 12.3. The zero-order valence-electron chi connectivity index (χ0n) is 18.1. The van der Waals surface area contributed by atoms with Crippen molar-refractivity contribution in [1.29, 1.82) is 0 Å². The lowest BCUT2D eigenvalue weighted by Gasteiger charge is -2.15. The number of aliphatic imine (C=N–C) groups is 1. The summed E-state index contributed by atoms with van der Waals surface area (Å²) in [6, 6.07) is 15.2. The summed E-state index contributed by atoms with van der Waals surface area (Å²) < 4.78 is 32.7. The van der Waals surface area contributed by atoms with Gasteiger partial charge in [-0.15, -0.1) is 0 Å². The Balaban J connectivity index is 2.11. The molecule has 0 amide bonds. The van der Waals surface area contributed by atoms with Crippen LogP contribution in [0.5, 0.6) is 5.75 Å². The van der Waals surface area contributed by atoms with E-state index in [-0.39, 0.29) is 11.8 Å². The van der Waals surface area contributed by atoms with E-state index in [1.807, 2.05) is 69.3 Å². The van der Waals surface area contributed by atoms with Crippen LogP contribution < -0.4 is 20.1 Å². The highest BCUT2D eigenvalue weighted by Crippen LogP contribution is 2.18. The van der Waals surface area contributed by atoms with Crippen LogP contribution in [0.3, 0.4) is 0 Å². The first kappa shape index (κ1) is 23.7. The summed E-state index contributed by atoms with van der Waals surface area (Å²) in [6.07, 6.45) is 0. The monoisotopic (exact) mass is 432 g/mol. The molecule has 2 aromatic carbocycles. The Morgan fingerprint density at radius 2 is 1.63 bits per heavy atom. The predicted molar refractivity (Wildman–Crippen MR) is 122 cm³/mol. The summed E-state index contributed by atoms with van der Waals surface area (Å²) in [6.45, 7) is 7.26. The quantitative estimate of drug-likeness (QED) is 0.397. The molecule has 0 saturated carbocycles. The Kier molecular flexibility index (Phi) is 9.14. The summed E-state index contributed by atoms with van der Waals surface area (Å²) >= 11 is 0. The Morgan fingerprint density at radius 3 is 2.27 bits per heavy atom. The van der Waals surface area contributed by atoms with E-state index in [1.165, 1.54) is 0 Å². The number of rotatable bonds is 10. The predicted octanol–water partition coefficient (Wildman–Crippen LogP) is 2.78. The molecule has 2 aromatic rings. The van der Waals surface area contributed by atoms with Gasteiger partial charge in [-0.25, -0.2) is 18.1 Å². The molecule has 7 nitrogen and oxygen atoms in total. The zero-order chi connectivity index (χ0) is 22.0. The molecule has 2 rings (SSSR count). The van der Waals surface area contributed by atoms with E-state index in [1.54, 1.807) is 7.11 Å². The van der Waals surface area contributed by atoms with Gasteiger partial charge in [0, 0.05) is 24.7 Å².